The smallest absolute Gasteiger partial charge is 0.870 e. The molecule has 13 heteroatoms. The molecule has 0 heterocycles. The van der Waals surface area contributed by atoms with E-state index in [1.165, 1.54) is 19.2 Å². The average molecular weight is 582 g/mol. The van der Waals surface area contributed by atoms with E-state index < -0.39 is 26.7 Å². The van der Waals surface area contributed by atoms with Crippen LogP contribution in [0.4, 0.5) is 17.1 Å². The van der Waals surface area contributed by atoms with Gasteiger partial charge in [0.15, 0.2) is 5.75 Å². The molecular formula is C25H18Cl2N3NaO6S. The second-order valence-corrected chi connectivity index (χ2v) is 9.99. The van der Waals surface area contributed by atoms with Gasteiger partial charge in [-0.2, -0.15) is 13.5 Å². The van der Waals surface area contributed by atoms with Crippen molar-refractivity contribution in [1.82, 2.24) is 0 Å². The summed E-state index contributed by atoms with van der Waals surface area (Å²) in [6.07, 6.45) is 0. The van der Waals surface area contributed by atoms with Gasteiger partial charge in [0, 0.05) is 10.9 Å². The van der Waals surface area contributed by atoms with Crippen LogP contribution in [0.15, 0.2) is 75.8 Å². The number of hydrogen-bond acceptors (Lipinski definition) is 7. The molecule has 0 bridgehead atoms. The molecule has 0 unspecified atom stereocenters. The third-order valence-corrected chi connectivity index (χ3v) is 7.14. The van der Waals surface area contributed by atoms with Gasteiger partial charge < -0.3 is 15.2 Å². The number of amides is 1. The minimum absolute atomic E-state index is 0. The Morgan fingerprint density at radius 2 is 1.71 bits per heavy atom. The molecule has 4 aromatic carbocycles. The molecule has 0 aliphatic rings. The van der Waals surface area contributed by atoms with Crippen LogP contribution in [-0.2, 0) is 10.1 Å². The molecule has 9 nitrogen and oxygen atoms in total. The standard InChI is InChI=1S/C25H19Cl2N3O6S.Na/c1-13-10-11-19(37(33,34)35)20(27)21(13)29-30-22-15-7-4-3-6-14(15)12-16(23(22)31)25(32)28-18-9-5-8-17(26)24(18)36-2;/h3-12,31H,1-2H3,(H,28,32)(H,33,34,35);/q;+1/p-1. The van der Waals surface area contributed by atoms with Crippen molar-refractivity contribution < 1.29 is 57.2 Å². The van der Waals surface area contributed by atoms with Crippen LogP contribution in [0.2, 0.25) is 10.0 Å². The molecule has 0 saturated carbocycles. The quantitative estimate of drug-likeness (QED) is 0.203. The number of ether oxygens (including phenoxy) is 1. The second-order valence-electron chi connectivity index (χ2n) is 7.82. The number of hydrogen-bond donors (Lipinski definition) is 2. The minimum atomic E-state index is -4.62. The first-order valence-electron chi connectivity index (χ1n) is 10.6. The Balaban J connectivity index is 0.00000400. The first-order chi connectivity index (χ1) is 17.5. The van der Waals surface area contributed by atoms with E-state index in [9.17, 15) is 22.9 Å². The molecule has 4 rings (SSSR count). The molecule has 0 aliphatic heterocycles. The number of carbonyl (C=O) groups excluding carboxylic acids is 1. The van der Waals surface area contributed by atoms with E-state index in [2.05, 4.69) is 15.5 Å². The number of benzene rings is 4. The van der Waals surface area contributed by atoms with Crippen molar-refractivity contribution >= 4 is 67.1 Å². The molecule has 0 aliphatic carbocycles. The molecule has 2 N–H and O–H groups in total. The number of para-hydroxylation sites is 1. The Labute approximate surface area is 250 Å². The number of carbonyl (C=O) groups is 1. The monoisotopic (exact) mass is 581 g/mol. The first kappa shape index (κ1) is 29.9. The van der Waals surface area contributed by atoms with Crippen LogP contribution in [0.25, 0.3) is 10.8 Å². The Morgan fingerprint density at radius 1 is 1.03 bits per heavy atom. The van der Waals surface area contributed by atoms with Crippen molar-refractivity contribution in [3.63, 3.8) is 0 Å². The van der Waals surface area contributed by atoms with Gasteiger partial charge in [-0.3, -0.25) is 9.35 Å². The molecule has 1 amide bonds. The van der Waals surface area contributed by atoms with Crippen molar-refractivity contribution in [2.75, 3.05) is 12.4 Å². The zero-order valence-corrected chi connectivity index (χ0v) is 24.6. The second kappa shape index (κ2) is 12.0. The van der Waals surface area contributed by atoms with Gasteiger partial charge >= 0.3 is 29.6 Å². The van der Waals surface area contributed by atoms with Crippen LogP contribution >= 0.6 is 23.2 Å². The molecular weight excluding hydrogens is 564 g/mol. The van der Waals surface area contributed by atoms with Crippen LogP contribution < -0.4 is 44.7 Å². The van der Waals surface area contributed by atoms with Gasteiger partial charge in [-0.25, -0.2) is 0 Å². The molecule has 0 spiro atoms. The summed E-state index contributed by atoms with van der Waals surface area (Å²) < 4.78 is 38.0. The van der Waals surface area contributed by atoms with Crippen molar-refractivity contribution in [3.05, 3.63) is 81.8 Å². The summed E-state index contributed by atoms with van der Waals surface area (Å²) in [5.74, 6) is -1.22. The molecule has 0 atom stereocenters. The first-order valence-corrected chi connectivity index (χ1v) is 12.8. The van der Waals surface area contributed by atoms with Crippen LogP contribution in [0.3, 0.4) is 0 Å². The predicted octanol–water partition coefficient (Wildman–Crippen LogP) is 3.46. The summed E-state index contributed by atoms with van der Waals surface area (Å²) in [7, 11) is -3.23. The van der Waals surface area contributed by atoms with Gasteiger partial charge in [0.25, 0.3) is 16.0 Å². The fraction of sp³-hybridized carbons (Fsp3) is 0.0800. The summed E-state index contributed by atoms with van der Waals surface area (Å²) >= 11 is 12.3. The number of methoxy groups -OCH3 is 1. The van der Waals surface area contributed by atoms with Gasteiger partial charge in [-0.15, -0.1) is 5.11 Å². The largest absolute Gasteiger partial charge is 1.00 e. The molecule has 0 radical (unpaired) electrons. The maximum atomic E-state index is 13.4. The van der Waals surface area contributed by atoms with Crippen molar-refractivity contribution in [3.8, 4) is 11.5 Å². The van der Waals surface area contributed by atoms with Crippen LogP contribution in [0.5, 0.6) is 11.5 Å². The van der Waals surface area contributed by atoms with E-state index in [1.807, 2.05) is 0 Å². The Morgan fingerprint density at radius 3 is 2.39 bits per heavy atom. The van der Waals surface area contributed by atoms with E-state index in [-0.39, 0.29) is 68.0 Å². The SMILES string of the molecule is COc1c(Cl)cccc1NC(=O)c1cc2ccccc2c(N=Nc2c(C)ccc(S(=O)(=O)O)c2Cl)c1[O-].[Na+]. The van der Waals surface area contributed by atoms with Gasteiger partial charge in [-0.05, 0) is 42.1 Å². The van der Waals surface area contributed by atoms with Crippen molar-refractivity contribution in [2.45, 2.75) is 11.8 Å². The fourth-order valence-corrected chi connectivity index (χ4v) is 5.00. The third kappa shape index (κ3) is 5.97. The van der Waals surface area contributed by atoms with E-state index >= 15 is 0 Å². The topological polar surface area (TPSA) is 140 Å². The number of azo groups is 1. The zero-order chi connectivity index (χ0) is 26.9. The Kier molecular flexibility index (Phi) is 9.43. The van der Waals surface area contributed by atoms with Gasteiger partial charge in [0.1, 0.15) is 10.6 Å². The molecule has 38 heavy (non-hydrogen) atoms. The maximum Gasteiger partial charge on any atom is 1.00 e. The number of aryl methyl sites for hydroxylation is 1. The van der Waals surface area contributed by atoms with Gasteiger partial charge in [-0.1, -0.05) is 65.3 Å². The number of rotatable bonds is 6. The molecule has 0 aromatic heterocycles. The van der Waals surface area contributed by atoms with Gasteiger partial charge in [0.05, 0.1) is 28.5 Å². The number of nitrogens with zero attached hydrogens (tertiary/aromatic N) is 2. The summed E-state index contributed by atoms with van der Waals surface area (Å²) in [5.41, 5.74) is 0.275. The molecule has 190 valence electrons. The average Bonchev–Trinajstić information content (AvgIpc) is 2.84. The summed E-state index contributed by atoms with van der Waals surface area (Å²) in [6.45, 7) is 1.60. The molecule has 4 aromatic rings. The van der Waals surface area contributed by atoms with Crippen molar-refractivity contribution in [2.24, 2.45) is 10.2 Å². The Bertz CT molecular complexity index is 1700. The molecule has 0 fully saturated rings. The Hall–Kier alpha value is -2.70. The van der Waals surface area contributed by atoms with E-state index in [1.54, 1.807) is 49.4 Å². The summed E-state index contributed by atoms with van der Waals surface area (Å²) in [5, 5.41) is 25.0. The number of fused-ring (bicyclic) bond motifs is 1. The van der Waals surface area contributed by atoms with Crippen LogP contribution in [-0.4, -0.2) is 26.0 Å². The third-order valence-electron chi connectivity index (χ3n) is 5.45. The fourth-order valence-electron chi connectivity index (χ4n) is 3.65. The van der Waals surface area contributed by atoms with Crippen LogP contribution in [0.1, 0.15) is 15.9 Å². The van der Waals surface area contributed by atoms with E-state index in [0.29, 0.717) is 16.3 Å². The number of halogens is 2. The zero-order valence-electron chi connectivity index (χ0n) is 20.3. The van der Waals surface area contributed by atoms with E-state index in [0.717, 1.165) is 6.07 Å². The number of nitrogens with one attached hydrogen (secondary N) is 1. The normalized spacial score (nSPS) is 11.4. The molecule has 0 saturated heterocycles. The summed E-state index contributed by atoms with van der Waals surface area (Å²) in [4.78, 5) is 12.6. The van der Waals surface area contributed by atoms with Crippen molar-refractivity contribution in [1.29, 1.82) is 0 Å². The predicted molar refractivity (Wildman–Crippen MR) is 140 cm³/mol. The van der Waals surface area contributed by atoms with E-state index in [4.69, 9.17) is 27.9 Å². The minimum Gasteiger partial charge on any atom is -0.870 e. The van der Waals surface area contributed by atoms with Gasteiger partial charge in [0.2, 0.25) is 0 Å². The summed E-state index contributed by atoms with van der Waals surface area (Å²) in [6, 6.07) is 15.5. The number of anilines is 1. The maximum absolute atomic E-state index is 13.4. The van der Waals surface area contributed by atoms with Crippen LogP contribution in [0, 0.1) is 6.92 Å².